The van der Waals surface area contributed by atoms with E-state index in [2.05, 4.69) is 0 Å². The molecule has 2 N–H and O–H groups in total. The average molecular weight is 574 g/mol. The zero-order chi connectivity index (χ0) is 28.8. The third kappa shape index (κ3) is 9.09. The number of ether oxygens (including phenoxy) is 1. The molecule has 3 rings (SSSR count). The van der Waals surface area contributed by atoms with E-state index in [0.717, 1.165) is 5.56 Å². The Labute approximate surface area is 233 Å². The van der Waals surface area contributed by atoms with Crippen molar-refractivity contribution in [1.29, 1.82) is 0 Å². The number of carboxylic acid groups (broad SMARTS) is 1. The summed E-state index contributed by atoms with van der Waals surface area (Å²) in [6.07, 6.45) is -1.15. The van der Waals surface area contributed by atoms with E-state index in [1.54, 1.807) is 57.2 Å². The predicted octanol–water partition coefficient (Wildman–Crippen LogP) is 5.53. The number of halogens is 1. The molecular formula is C29H32ClNO7S. The fourth-order valence-electron chi connectivity index (χ4n) is 3.79. The van der Waals surface area contributed by atoms with Crippen molar-refractivity contribution >= 4 is 33.5 Å². The highest BCUT2D eigenvalue weighted by Crippen LogP contribution is 2.22. The molecule has 0 fully saturated rings. The summed E-state index contributed by atoms with van der Waals surface area (Å²) in [5, 5.41) is 20.2. The first-order valence-corrected chi connectivity index (χ1v) is 14.3. The van der Waals surface area contributed by atoms with E-state index in [1.807, 2.05) is 0 Å². The lowest BCUT2D eigenvalue weighted by Gasteiger charge is -2.29. The smallest absolute Gasteiger partial charge is 0.410 e. The van der Waals surface area contributed by atoms with Gasteiger partial charge in [0.05, 0.1) is 28.9 Å². The molecule has 0 aliphatic heterocycles. The molecule has 0 heterocycles. The van der Waals surface area contributed by atoms with Gasteiger partial charge in [-0.2, -0.15) is 0 Å². The van der Waals surface area contributed by atoms with Crippen LogP contribution in [0.1, 0.15) is 53.9 Å². The number of aliphatic hydroxyl groups is 1. The molecule has 0 spiro atoms. The fourth-order valence-corrected chi connectivity index (χ4v) is 5.33. The molecule has 3 aromatic carbocycles. The highest BCUT2D eigenvalue weighted by Gasteiger charge is 2.25. The number of rotatable bonds is 10. The topological polar surface area (TPSA) is 121 Å². The zero-order valence-corrected chi connectivity index (χ0v) is 23.6. The van der Waals surface area contributed by atoms with Crippen LogP contribution in [0.2, 0.25) is 5.02 Å². The van der Waals surface area contributed by atoms with Gasteiger partial charge in [0.25, 0.3) is 0 Å². The standard InChI is InChI=1S/C29H32ClNO7S/c1-29(2,3)38-28(35)31(18-26(32)23-5-4-6-24(30)17-23)16-15-20-9-13-25(14-10-20)39(36,37)19-21-7-11-22(12-8-21)27(33)34/h4-14,17,26,32H,15-16,18-19H2,1-3H3,(H,33,34). The minimum atomic E-state index is -3.65. The second kappa shape index (κ2) is 12.6. The first-order valence-electron chi connectivity index (χ1n) is 12.3. The molecule has 0 aliphatic rings. The summed E-state index contributed by atoms with van der Waals surface area (Å²) in [4.78, 5) is 25.4. The lowest BCUT2D eigenvalue weighted by atomic mass is 10.1. The van der Waals surface area contributed by atoms with Gasteiger partial charge in [0.2, 0.25) is 0 Å². The van der Waals surface area contributed by atoms with Crippen molar-refractivity contribution in [3.63, 3.8) is 0 Å². The molecule has 1 atom stereocenters. The van der Waals surface area contributed by atoms with Gasteiger partial charge in [-0.05, 0) is 80.3 Å². The van der Waals surface area contributed by atoms with Gasteiger partial charge in [-0.15, -0.1) is 0 Å². The van der Waals surface area contributed by atoms with Crippen molar-refractivity contribution in [2.24, 2.45) is 0 Å². The number of sulfone groups is 1. The summed E-state index contributed by atoms with van der Waals surface area (Å²) in [6.45, 7) is 5.50. The number of amides is 1. The van der Waals surface area contributed by atoms with Crippen LogP contribution in [0.25, 0.3) is 0 Å². The Morgan fingerprint density at radius 1 is 0.974 bits per heavy atom. The average Bonchev–Trinajstić information content (AvgIpc) is 2.85. The first-order chi connectivity index (χ1) is 18.2. The third-order valence-corrected chi connectivity index (χ3v) is 7.73. The summed E-state index contributed by atoms with van der Waals surface area (Å²) in [5.41, 5.74) is 1.21. The Bertz CT molecular complexity index is 1400. The van der Waals surface area contributed by atoms with Gasteiger partial charge >= 0.3 is 12.1 Å². The van der Waals surface area contributed by atoms with Crippen LogP contribution in [-0.4, -0.2) is 54.3 Å². The largest absolute Gasteiger partial charge is 0.478 e. The van der Waals surface area contributed by atoms with E-state index in [1.165, 1.54) is 41.3 Å². The lowest BCUT2D eigenvalue weighted by molar-refractivity contribution is 0.0147. The van der Waals surface area contributed by atoms with Crippen molar-refractivity contribution in [2.45, 2.75) is 49.5 Å². The van der Waals surface area contributed by atoms with Crippen molar-refractivity contribution in [3.8, 4) is 0 Å². The van der Waals surface area contributed by atoms with Crippen molar-refractivity contribution in [2.75, 3.05) is 13.1 Å². The van der Waals surface area contributed by atoms with Crippen LogP contribution in [0.15, 0.2) is 77.7 Å². The number of benzene rings is 3. The summed E-state index contributed by atoms with van der Waals surface area (Å²) < 4.78 is 31.3. The van der Waals surface area contributed by atoms with Crippen molar-refractivity contribution in [3.05, 3.63) is 100 Å². The highest BCUT2D eigenvalue weighted by molar-refractivity contribution is 7.90. The van der Waals surface area contributed by atoms with E-state index in [0.29, 0.717) is 22.6 Å². The quantitative estimate of drug-likeness (QED) is 0.327. The SMILES string of the molecule is CC(C)(C)OC(=O)N(CCc1ccc(S(=O)(=O)Cc2ccc(C(=O)O)cc2)cc1)CC(O)c1cccc(Cl)c1. The van der Waals surface area contributed by atoms with E-state index in [-0.39, 0.29) is 29.3 Å². The number of aliphatic hydroxyl groups excluding tert-OH is 1. The number of carboxylic acids is 1. The maximum Gasteiger partial charge on any atom is 0.410 e. The van der Waals surface area contributed by atoms with Gasteiger partial charge in [0, 0.05) is 11.6 Å². The third-order valence-electron chi connectivity index (χ3n) is 5.79. The molecule has 208 valence electrons. The van der Waals surface area contributed by atoms with Crippen LogP contribution in [0, 0.1) is 0 Å². The number of carbonyl (C=O) groups excluding carboxylic acids is 1. The Morgan fingerprint density at radius 3 is 2.15 bits per heavy atom. The Kier molecular flexibility index (Phi) is 9.77. The van der Waals surface area contributed by atoms with Crippen LogP contribution in [0.4, 0.5) is 4.79 Å². The zero-order valence-electron chi connectivity index (χ0n) is 22.0. The van der Waals surface area contributed by atoms with E-state index in [4.69, 9.17) is 21.4 Å². The molecule has 1 amide bonds. The maximum absolute atomic E-state index is 12.9. The highest BCUT2D eigenvalue weighted by atomic mass is 35.5. The van der Waals surface area contributed by atoms with E-state index < -0.39 is 33.6 Å². The molecule has 10 heteroatoms. The molecule has 8 nitrogen and oxygen atoms in total. The molecule has 0 saturated heterocycles. The van der Waals surface area contributed by atoms with Gasteiger partial charge in [0.1, 0.15) is 5.60 Å². The van der Waals surface area contributed by atoms with E-state index >= 15 is 0 Å². The van der Waals surface area contributed by atoms with Crippen LogP contribution < -0.4 is 0 Å². The summed E-state index contributed by atoms with van der Waals surface area (Å²) in [6, 6.07) is 18.9. The van der Waals surface area contributed by atoms with Gasteiger partial charge in [-0.25, -0.2) is 18.0 Å². The number of nitrogens with zero attached hydrogens (tertiary/aromatic N) is 1. The van der Waals surface area contributed by atoms with Gasteiger partial charge < -0.3 is 19.8 Å². The number of carbonyl (C=O) groups is 2. The maximum atomic E-state index is 12.9. The van der Waals surface area contributed by atoms with Crippen LogP contribution in [0.3, 0.4) is 0 Å². The minimum absolute atomic E-state index is 0.0115. The second-order valence-electron chi connectivity index (χ2n) is 10.2. The number of aromatic carboxylic acids is 1. The van der Waals surface area contributed by atoms with E-state index in [9.17, 15) is 23.1 Å². The van der Waals surface area contributed by atoms with Crippen LogP contribution in [-0.2, 0) is 26.7 Å². The summed E-state index contributed by atoms with van der Waals surface area (Å²) in [5.74, 6) is -1.34. The predicted molar refractivity (Wildman–Crippen MR) is 149 cm³/mol. The molecular weight excluding hydrogens is 542 g/mol. The summed E-state index contributed by atoms with van der Waals surface area (Å²) in [7, 11) is -3.65. The van der Waals surface area contributed by atoms with Gasteiger partial charge in [0.15, 0.2) is 9.84 Å². The van der Waals surface area contributed by atoms with Crippen molar-refractivity contribution < 1.29 is 33.0 Å². The molecule has 3 aromatic rings. The lowest BCUT2D eigenvalue weighted by Crippen LogP contribution is -2.40. The van der Waals surface area contributed by atoms with Gasteiger partial charge in [-0.3, -0.25) is 0 Å². The summed E-state index contributed by atoms with van der Waals surface area (Å²) >= 11 is 6.04. The molecule has 39 heavy (non-hydrogen) atoms. The first kappa shape index (κ1) is 30.1. The minimum Gasteiger partial charge on any atom is -0.478 e. The molecule has 0 saturated carbocycles. The Balaban J connectivity index is 1.69. The monoisotopic (exact) mass is 573 g/mol. The van der Waals surface area contributed by atoms with Crippen LogP contribution in [0.5, 0.6) is 0 Å². The fraction of sp³-hybridized carbons (Fsp3) is 0.310. The second-order valence-corrected chi connectivity index (χ2v) is 12.6. The van der Waals surface area contributed by atoms with Crippen LogP contribution >= 0.6 is 11.6 Å². The molecule has 0 aliphatic carbocycles. The number of hydrogen-bond donors (Lipinski definition) is 2. The normalized spacial score (nSPS) is 12.5. The van der Waals surface area contributed by atoms with Crippen molar-refractivity contribution in [1.82, 2.24) is 4.90 Å². The van der Waals surface area contributed by atoms with Gasteiger partial charge in [-0.1, -0.05) is 48.0 Å². The number of hydrogen-bond acceptors (Lipinski definition) is 6. The Hall–Kier alpha value is -3.40. The molecule has 0 aromatic heterocycles. The molecule has 1 unspecified atom stereocenters. The molecule has 0 bridgehead atoms. The Morgan fingerprint density at radius 2 is 1.59 bits per heavy atom. The molecule has 0 radical (unpaired) electrons.